The molecule has 0 rings (SSSR count). The highest BCUT2D eigenvalue weighted by atomic mass is 31.2. The highest BCUT2D eigenvalue weighted by Gasteiger charge is 2.30. The first-order chi connectivity index (χ1) is 51.4. The van der Waals surface area contributed by atoms with E-state index in [-0.39, 0.29) is 25.7 Å². The molecule has 0 aliphatic heterocycles. The van der Waals surface area contributed by atoms with Gasteiger partial charge in [0.15, 0.2) is 12.2 Å². The summed E-state index contributed by atoms with van der Waals surface area (Å²) in [6, 6.07) is 0. The molecule has 0 fully saturated rings. The van der Waals surface area contributed by atoms with Crippen LogP contribution in [0, 0.1) is 11.8 Å². The largest absolute Gasteiger partial charge is 0.472 e. The number of aliphatic hydroxyl groups excluding tert-OH is 1. The number of carbonyl (C=O) groups is 4. The van der Waals surface area contributed by atoms with Crippen LogP contribution in [-0.2, 0) is 65.4 Å². The SMILES string of the molecule is CCCCCCCCCCCCCCCCCC(=O)O[C@H](COC(=O)CCCCCCCCCC)COP(=O)(O)OC[C@H](O)COP(=O)(O)OC[C@@H](COC(=O)CCCCCCCCCCCCCCCCCCCCC(C)C)OC(=O)CCCCCCCCCCCCCCCCCCCCC(C)CC. The zero-order valence-electron chi connectivity index (χ0n) is 69.7. The maximum absolute atomic E-state index is 13.2. The van der Waals surface area contributed by atoms with E-state index in [1.54, 1.807) is 0 Å². The summed E-state index contributed by atoms with van der Waals surface area (Å²) in [5.41, 5.74) is 0. The van der Waals surface area contributed by atoms with Crippen molar-refractivity contribution in [2.75, 3.05) is 39.6 Å². The molecule has 630 valence electrons. The van der Waals surface area contributed by atoms with Crippen molar-refractivity contribution in [2.24, 2.45) is 11.8 Å². The van der Waals surface area contributed by atoms with Crippen LogP contribution in [0.25, 0.3) is 0 Å². The lowest BCUT2D eigenvalue weighted by Gasteiger charge is -2.21. The molecule has 0 amide bonds. The minimum Gasteiger partial charge on any atom is -0.462 e. The van der Waals surface area contributed by atoms with E-state index in [1.807, 2.05) is 0 Å². The minimum atomic E-state index is -4.97. The first-order valence-corrected chi connectivity index (χ1v) is 48.0. The Morgan fingerprint density at radius 1 is 0.274 bits per heavy atom. The highest BCUT2D eigenvalue weighted by Crippen LogP contribution is 2.45. The van der Waals surface area contributed by atoms with E-state index in [9.17, 15) is 43.2 Å². The number of phosphoric ester groups is 2. The lowest BCUT2D eigenvalue weighted by atomic mass is 9.99. The van der Waals surface area contributed by atoms with Crippen LogP contribution in [0.3, 0.4) is 0 Å². The third kappa shape index (κ3) is 78.7. The van der Waals surface area contributed by atoms with E-state index in [0.29, 0.717) is 25.7 Å². The second-order valence-electron chi connectivity index (χ2n) is 32.0. The molecule has 3 N–H and O–H groups in total. The summed E-state index contributed by atoms with van der Waals surface area (Å²) >= 11 is 0. The number of hydrogen-bond acceptors (Lipinski definition) is 15. The Balaban J connectivity index is 5.18. The maximum atomic E-state index is 13.2. The van der Waals surface area contributed by atoms with Crippen molar-refractivity contribution in [1.29, 1.82) is 0 Å². The molecule has 0 aliphatic rings. The van der Waals surface area contributed by atoms with Crippen molar-refractivity contribution < 1.29 is 80.2 Å². The molecule has 6 atom stereocenters. The lowest BCUT2D eigenvalue weighted by molar-refractivity contribution is -0.161. The fraction of sp³-hybridized carbons (Fsp3) is 0.954. The Morgan fingerprint density at radius 3 is 0.717 bits per heavy atom. The van der Waals surface area contributed by atoms with E-state index in [0.717, 1.165) is 108 Å². The zero-order valence-corrected chi connectivity index (χ0v) is 71.5. The third-order valence-corrected chi connectivity index (χ3v) is 22.7. The number of ether oxygens (including phenoxy) is 4. The van der Waals surface area contributed by atoms with Crippen molar-refractivity contribution in [1.82, 2.24) is 0 Å². The molecule has 0 radical (unpaired) electrons. The number of carbonyl (C=O) groups excluding carboxylic acids is 4. The Bertz CT molecular complexity index is 2030. The van der Waals surface area contributed by atoms with Crippen molar-refractivity contribution in [2.45, 2.75) is 484 Å². The molecule has 0 saturated carbocycles. The van der Waals surface area contributed by atoms with Gasteiger partial charge >= 0.3 is 39.5 Å². The quantitative estimate of drug-likeness (QED) is 0.0222. The molecular formula is C87H170O17P2. The summed E-state index contributed by atoms with van der Waals surface area (Å²) in [5, 5.41) is 10.7. The van der Waals surface area contributed by atoms with Gasteiger partial charge in [-0.05, 0) is 37.5 Å². The van der Waals surface area contributed by atoms with E-state index < -0.39 is 97.5 Å². The van der Waals surface area contributed by atoms with E-state index in [4.69, 9.17) is 37.0 Å². The third-order valence-electron chi connectivity index (χ3n) is 20.8. The molecule has 0 aromatic heterocycles. The molecule has 0 aliphatic carbocycles. The number of esters is 4. The summed E-state index contributed by atoms with van der Waals surface area (Å²) in [5.74, 6) is -0.409. The first-order valence-electron chi connectivity index (χ1n) is 45.0. The second kappa shape index (κ2) is 78.3. The van der Waals surface area contributed by atoms with Gasteiger partial charge in [0.05, 0.1) is 26.4 Å². The molecule has 17 nitrogen and oxygen atoms in total. The fourth-order valence-corrected chi connectivity index (χ4v) is 15.1. The summed E-state index contributed by atoms with van der Waals surface area (Å²) in [7, 11) is -9.92. The molecule has 3 unspecified atom stereocenters. The van der Waals surface area contributed by atoms with Crippen LogP contribution in [0.5, 0.6) is 0 Å². The fourth-order valence-electron chi connectivity index (χ4n) is 13.6. The molecule has 0 aromatic rings. The topological polar surface area (TPSA) is 237 Å². The summed E-state index contributed by atoms with van der Waals surface area (Å²) in [4.78, 5) is 73.1. The lowest BCUT2D eigenvalue weighted by Crippen LogP contribution is -2.30. The Morgan fingerprint density at radius 2 is 0.481 bits per heavy atom. The second-order valence-corrected chi connectivity index (χ2v) is 34.9. The van der Waals surface area contributed by atoms with E-state index >= 15 is 0 Å². The number of hydrogen-bond donors (Lipinski definition) is 3. The van der Waals surface area contributed by atoms with Gasteiger partial charge < -0.3 is 33.8 Å². The van der Waals surface area contributed by atoms with Gasteiger partial charge in [0.2, 0.25) is 0 Å². The number of rotatable bonds is 86. The molecule has 0 heterocycles. The van der Waals surface area contributed by atoms with E-state index in [2.05, 4.69) is 41.5 Å². The number of phosphoric acid groups is 2. The predicted octanol–water partition coefficient (Wildman–Crippen LogP) is 26.6. The van der Waals surface area contributed by atoms with Gasteiger partial charge in [-0.2, -0.15) is 0 Å². The van der Waals surface area contributed by atoms with Crippen LogP contribution in [0.15, 0.2) is 0 Å². The highest BCUT2D eigenvalue weighted by molar-refractivity contribution is 7.47. The van der Waals surface area contributed by atoms with Crippen LogP contribution >= 0.6 is 15.6 Å². The van der Waals surface area contributed by atoms with Gasteiger partial charge in [0, 0.05) is 25.7 Å². The van der Waals surface area contributed by atoms with Crippen molar-refractivity contribution in [3.63, 3.8) is 0 Å². The van der Waals surface area contributed by atoms with Crippen molar-refractivity contribution in [3.05, 3.63) is 0 Å². The average molecular weight is 1550 g/mol. The Labute approximate surface area is 651 Å². The van der Waals surface area contributed by atoms with Gasteiger partial charge in [0.1, 0.15) is 19.3 Å². The van der Waals surface area contributed by atoms with Crippen molar-refractivity contribution >= 4 is 39.5 Å². The molecule has 19 heteroatoms. The average Bonchev–Trinajstić information content (AvgIpc) is 0.907. The molecule has 0 spiro atoms. The molecule has 0 bridgehead atoms. The van der Waals surface area contributed by atoms with Gasteiger partial charge in [0.25, 0.3) is 0 Å². The molecule has 0 aromatic carbocycles. The Hall–Kier alpha value is -1.94. The number of unbranched alkanes of at least 4 members (excludes halogenated alkanes) is 55. The maximum Gasteiger partial charge on any atom is 0.472 e. The standard InChI is InChI=1S/C87H170O17P2/c1-7-10-12-14-16-18-19-20-29-37-42-47-53-59-65-71-86(91)103-82(75-97-84(89)69-63-57-51-17-15-13-11-8-2)77-101-105(93,94)99-73-81(88)74-100-106(95,96)102-78-83(76-98-85(90)70-64-58-52-46-41-36-32-27-23-21-25-30-34-39-44-49-55-61-67-79(4)5)104-87(92)72-66-60-54-48-43-38-33-28-24-22-26-31-35-40-45-50-56-62-68-80(6)9-3/h79-83,88H,7-78H2,1-6H3,(H,93,94)(H,95,96)/t80?,81-,82+,83+/m0/s1. The zero-order chi connectivity index (χ0) is 77.8. The smallest absolute Gasteiger partial charge is 0.462 e. The van der Waals surface area contributed by atoms with Crippen LogP contribution < -0.4 is 0 Å². The summed E-state index contributed by atoms with van der Waals surface area (Å²) in [6.45, 7) is 9.75. The number of aliphatic hydroxyl groups is 1. The molecular weight excluding hydrogens is 1380 g/mol. The van der Waals surface area contributed by atoms with Crippen LogP contribution in [0.1, 0.15) is 465 Å². The minimum absolute atomic E-state index is 0.108. The van der Waals surface area contributed by atoms with E-state index in [1.165, 1.54) is 276 Å². The van der Waals surface area contributed by atoms with Gasteiger partial charge in [-0.25, -0.2) is 9.13 Å². The normalized spacial score (nSPS) is 14.1. The first kappa shape index (κ1) is 104. The van der Waals surface area contributed by atoms with Crippen LogP contribution in [0.4, 0.5) is 0 Å². The van der Waals surface area contributed by atoms with Gasteiger partial charge in [-0.3, -0.25) is 37.3 Å². The molecule has 0 saturated heterocycles. The van der Waals surface area contributed by atoms with Crippen molar-refractivity contribution in [3.8, 4) is 0 Å². The summed E-state index contributed by atoms with van der Waals surface area (Å²) < 4.78 is 68.8. The van der Waals surface area contributed by atoms with Gasteiger partial charge in [-0.1, -0.05) is 414 Å². The Kier molecular flexibility index (Phi) is 76.9. The van der Waals surface area contributed by atoms with Crippen LogP contribution in [0.2, 0.25) is 0 Å². The van der Waals surface area contributed by atoms with Crippen LogP contribution in [-0.4, -0.2) is 96.7 Å². The monoisotopic (exact) mass is 1550 g/mol. The van der Waals surface area contributed by atoms with Gasteiger partial charge in [-0.15, -0.1) is 0 Å². The predicted molar refractivity (Wildman–Crippen MR) is 437 cm³/mol. The summed E-state index contributed by atoms with van der Waals surface area (Å²) in [6.07, 6.45) is 70.9. The molecule has 106 heavy (non-hydrogen) atoms.